The first-order valence-electron chi connectivity index (χ1n) is 7.27. The summed E-state index contributed by atoms with van der Waals surface area (Å²) in [4.78, 5) is 3.00. The molecule has 4 heteroatoms. The van der Waals surface area contributed by atoms with E-state index in [9.17, 15) is 4.57 Å². The second-order valence-electron chi connectivity index (χ2n) is 5.18. The molecule has 0 aliphatic carbocycles. The van der Waals surface area contributed by atoms with Gasteiger partial charge in [-0.2, -0.15) is 0 Å². The summed E-state index contributed by atoms with van der Waals surface area (Å²) in [5, 5.41) is 11.2. The molecule has 0 bridgehead atoms. The lowest BCUT2D eigenvalue weighted by Gasteiger charge is -2.20. The van der Waals surface area contributed by atoms with Gasteiger partial charge >= 0.3 is 0 Å². The minimum atomic E-state index is -3.14. The maximum absolute atomic E-state index is 14.2. The molecule has 0 saturated heterocycles. The summed E-state index contributed by atoms with van der Waals surface area (Å²) >= 11 is 0. The predicted molar refractivity (Wildman–Crippen MR) is 97.5 cm³/mol. The first kappa shape index (κ1) is 15.3. The number of nitrogens with one attached hydrogen (secondary N) is 2. The van der Waals surface area contributed by atoms with Crippen LogP contribution in [0.15, 0.2) is 72.9 Å². The summed E-state index contributed by atoms with van der Waals surface area (Å²) in [6.07, 6.45) is 2.94. The molecular weight excluding hydrogens is 303 g/mol. The lowest BCUT2D eigenvalue weighted by Crippen LogP contribution is -2.28. The van der Waals surface area contributed by atoms with Crippen LogP contribution in [0.25, 0.3) is 11.9 Å². The van der Waals surface area contributed by atoms with Crippen molar-refractivity contribution in [3.05, 3.63) is 83.5 Å². The smallest absolute Gasteiger partial charge is 0.173 e. The van der Waals surface area contributed by atoms with Crippen molar-refractivity contribution >= 4 is 35.9 Å². The van der Waals surface area contributed by atoms with Crippen molar-refractivity contribution < 1.29 is 4.57 Å². The van der Waals surface area contributed by atoms with Gasteiger partial charge in [-0.3, -0.25) is 0 Å². The predicted octanol–water partition coefficient (Wildman–Crippen LogP) is 2.20. The van der Waals surface area contributed by atoms with Crippen LogP contribution in [0.2, 0.25) is 0 Å². The largest absolute Gasteiger partial charge is 0.362 e. The highest BCUT2D eigenvalue weighted by Crippen LogP contribution is 2.51. The van der Waals surface area contributed by atoms with Gasteiger partial charge in [-0.1, -0.05) is 67.2 Å². The van der Waals surface area contributed by atoms with Crippen molar-refractivity contribution in [2.75, 3.05) is 0 Å². The Labute approximate surface area is 134 Å². The number of hydrogen-bond donors (Lipinski definition) is 2. The Morgan fingerprint density at radius 2 is 1.48 bits per heavy atom. The molecule has 114 valence electrons. The zero-order valence-electron chi connectivity index (χ0n) is 12.6. The van der Waals surface area contributed by atoms with Crippen molar-refractivity contribution in [3.63, 3.8) is 0 Å². The number of rotatable bonds is 4. The first-order valence-corrected chi connectivity index (χ1v) is 8.97. The van der Waals surface area contributed by atoms with Gasteiger partial charge in [0.2, 0.25) is 0 Å². The molecule has 3 nitrogen and oxygen atoms in total. The van der Waals surface area contributed by atoms with Crippen LogP contribution < -0.4 is 21.2 Å². The van der Waals surface area contributed by atoms with Crippen molar-refractivity contribution in [3.8, 4) is 0 Å². The molecular formula is C19H17N2OP. The first-order chi connectivity index (χ1) is 11.2. The van der Waals surface area contributed by atoms with E-state index in [2.05, 4.69) is 11.6 Å². The van der Waals surface area contributed by atoms with Crippen LogP contribution in [0.4, 0.5) is 0 Å². The highest BCUT2D eigenvalue weighted by molar-refractivity contribution is 7.88. The second kappa shape index (κ2) is 6.23. The standard InChI is InChI=1S/C19H17N2OP/c1-15-18(12-13-21-15)19(14-20)23(22,16-8-4-2-5-9-16)17-10-6-3-7-11-17/h2-14,20-21H,1H2/b19-18+,20-14?. The SMILES string of the molecule is C=c1[nH]cc/c1=C(/C=N)P(=O)(c1ccccc1)c1ccccc1. The number of benzene rings is 2. The van der Waals surface area contributed by atoms with Gasteiger partial charge in [-0.05, 0) is 6.07 Å². The Hall–Kier alpha value is -2.64. The summed E-state index contributed by atoms with van der Waals surface area (Å²) in [6, 6.07) is 20.5. The van der Waals surface area contributed by atoms with Crippen LogP contribution in [-0.2, 0) is 4.57 Å². The minimum absolute atomic E-state index is 0.487. The zero-order chi connectivity index (χ0) is 16.3. The van der Waals surface area contributed by atoms with E-state index >= 15 is 0 Å². The number of hydrogen-bond acceptors (Lipinski definition) is 2. The van der Waals surface area contributed by atoms with E-state index in [-0.39, 0.29) is 0 Å². The average Bonchev–Trinajstić information content (AvgIpc) is 3.03. The van der Waals surface area contributed by atoms with E-state index in [0.29, 0.717) is 21.3 Å². The van der Waals surface area contributed by atoms with E-state index < -0.39 is 7.14 Å². The molecule has 0 saturated carbocycles. The Morgan fingerprint density at radius 1 is 0.957 bits per heavy atom. The molecule has 23 heavy (non-hydrogen) atoms. The highest BCUT2D eigenvalue weighted by atomic mass is 31.2. The fourth-order valence-corrected chi connectivity index (χ4v) is 5.45. The molecule has 0 spiro atoms. The van der Waals surface area contributed by atoms with Crippen molar-refractivity contribution in [1.29, 1.82) is 5.41 Å². The third-order valence-electron chi connectivity index (χ3n) is 3.82. The third-order valence-corrected chi connectivity index (χ3v) is 6.92. The monoisotopic (exact) mass is 320 g/mol. The summed E-state index contributed by atoms with van der Waals surface area (Å²) in [5.41, 5.74) is 0. The van der Waals surface area contributed by atoms with Gasteiger partial charge in [0.05, 0.1) is 0 Å². The summed E-state index contributed by atoms with van der Waals surface area (Å²) in [7, 11) is -3.14. The van der Waals surface area contributed by atoms with Gasteiger partial charge < -0.3 is 15.0 Å². The van der Waals surface area contributed by atoms with E-state index in [4.69, 9.17) is 5.41 Å². The lowest BCUT2D eigenvalue weighted by atomic mass is 10.4. The molecule has 0 atom stereocenters. The number of aromatic amines is 1. The fraction of sp³-hybridized carbons (Fsp3) is 0. The molecule has 2 aromatic carbocycles. The molecule has 0 radical (unpaired) electrons. The molecule has 0 aliphatic heterocycles. The topological polar surface area (TPSA) is 56.7 Å². The molecule has 3 rings (SSSR count). The minimum Gasteiger partial charge on any atom is -0.362 e. The Balaban J connectivity index is 2.44. The lowest BCUT2D eigenvalue weighted by molar-refractivity contribution is 0.593. The summed E-state index contributed by atoms with van der Waals surface area (Å²) in [6.45, 7) is 3.95. The van der Waals surface area contributed by atoms with Crippen LogP contribution >= 0.6 is 7.14 Å². The summed E-state index contributed by atoms with van der Waals surface area (Å²) in [5.74, 6) is 0. The molecule has 0 unspecified atom stereocenters. The van der Waals surface area contributed by atoms with E-state index in [1.54, 1.807) is 6.20 Å². The normalized spacial score (nSPS) is 12.7. The highest BCUT2D eigenvalue weighted by Gasteiger charge is 2.31. The maximum Gasteiger partial charge on any atom is 0.173 e. The third kappa shape index (κ3) is 2.60. The second-order valence-corrected chi connectivity index (χ2v) is 7.91. The van der Waals surface area contributed by atoms with Crippen LogP contribution in [0.5, 0.6) is 0 Å². The van der Waals surface area contributed by atoms with E-state index in [1.165, 1.54) is 6.21 Å². The molecule has 0 fully saturated rings. The number of aromatic nitrogens is 1. The molecule has 2 N–H and O–H groups in total. The van der Waals surface area contributed by atoms with Gasteiger partial charge in [0, 0.05) is 38.9 Å². The van der Waals surface area contributed by atoms with Crippen LogP contribution in [0, 0.1) is 5.41 Å². The average molecular weight is 320 g/mol. The van der Waals surface area contributed by atoms with Crippen LogP contribution in [-0.4, -0.2) is 11.2 Å². The molecule has 1 heterocycles. The van der Waals surface area contributed by atoms with Crippen LogP contribution in [0.1, 0.15) is 0 Å². The Morgan fingerprint density at radius 3 is 1.87 bits per heavy atom. The Bertz CT molecular complexity index is 931. The van der Waals surface area contributed by atoms with Crippen LogP contribution in [0.3, 0.4) is 0 Å². The zero-order valence-corrected chi connectivity index (χ0v) is 13.5. The molecule has 0 aliphatic rings. The van der Waals surface area contributed by atoms with Crippen molar-refractivity contribution in [2.45, 2.75) is 0 Å². The molecule has 0 amide bonds. The number of H-pyrrole nitrogens is 1. The quantitative estimate of drug-likeness (QED) is 0.562. The van der Waals surface area contributed by atoms with E-state index in [0.717, 1.165) is 5.22 Å². The van der Waals surface area contributed by atoms with Gasteiger partial charge in [0.15, 0.2) is 7.14 Å². The fourth-order valence-electron chi connectivity index (χ4n) is 2.69. The maximum atomic E-state index is 14.2. The molecule has 3 aromatic rings. The van der Waals surface area contributed by atoms with Gasteiger partial charge in [-0.15, -0.1) is 0 Å². The van der Waals surface area contributed by atoms with Gasteiger partial charge in [-0.25, -0.2) is 0 Å². The summed E-state index contributed by atoms with van der Waals surface area (Å²) < 4.78 is 14.2. The van der Waals surface area contributed by atoms with Gasteiger partial charge in [0.1, 0.15) is 0 Å². The Kier molecular flexibility index (Phi) is 4.14. The van der Waals surface area contributed by atoms with Crippen molar-refractivity contribution in [2.24, 2.45) is 0 Å². The van der Waals surface area contributed by atoms with Crippen molar-refractivity contribution in [1.82, 2.24) is 4.98 Å². The van der Waals surface area contributed by atoms with E-state index in [1.807, 2.05) is 66.7 Å². The molecule has 1 aromatic heterocycles. The van der Waals surface area contributed by atoms with Gasteiger partial charge in [0.25, 0.3) is 0 Å².